The molecular formula is C32H29N4O3+. The zero-order valence-corrected chi connectivity index (χ0v) is 21.8. The Hall–Kier alpha value is -5.17. The lowest BCUT2D eigenvalue weighted by Crippen LogP contribution is -2.35. The number of aromatic nitrogens is 2. The highest BCUT2D eigenvalue weighted by atomic mass is 16.5. The van der Waals surface area contributed by atoms with Crippen LogP contribution < -0.4 is 20.5 Å². The molecule has 0 saturated carbocycles. The quantitative estimate of drug-likeness (QED) is 0.173. The Balaban J connectivity index is 1.44. The van der Waals surface area contributed by atoms with E-state index >= 15 is 0 Å². The van der Waals surface area contributed by atoms with Crippen molar-refractivity contribution < 1.29 is 19.0 Å². The Morgan fingerprint density at radius 2 is 1.54 bits per heavy atom. The summed E-state index contributed by atoms with van der Waals surface area (Å²) in [6.07, 6.45) is 0.378. The first-order valence-corrected chi connectivity index (χ1v) is 12.6. The number of carbonyl (C=O) groups excluding carboxylic acids is 2. The number of ketones is 1. The molecule has 5 rings (SSSR count). The van der Waals surface area contributed by atoms with Gasteiger partial charge in [-0.25, -0.2) is 0 Å². The van der Waals surface area contributed by atoms with Gasteiger partial charge in [0, 0.05) is 54.5 Å². The van der Waals surface area contributed by atoms with Crippen molar-refractivity contribution in [3.63, 3.8) is 0 Å². The van der Waals surface area contributed by atoms with Crippen molar-refractivity contribution in [2.45, 2.75) is 20.3 Å². The van der Waals surface area contributed by atoms with Crippen molar-refractivity contribution in [2.24, 2.45) is 0 Å². The van der Waals surface area contributed by atoms with Gasteiger partial charge in [-0.15, -0.1) is 0 Å². The van der Waals surface area contributed by atoms with E-state index < -0.39 is 0 Å². The number of aromatic amines is 1. The average Bonchev–Trinajstić information content (AvgIpc) is 3.27. The molecule has 7 heteroatoms. The van der Waals surface area contributed by atoms with Crippen LogP contribution >= 0.6 is 0 Å². The lowest BCUT2D eigenvalue weighted by molar-refractivity contribution is -0.660. The van der Waals surface area contributed by atoms with Gasteiger partial charge in [-0.3, -0.25) is 9.59 Å². The second kappa shape index (κ2) is 11.1. The molecule has 0 saturated heterocycles. The van der Waals surface area contributed by atoms with Crippen LogP contribution in [0.4, 0.5) is 11.4 Å². The molecule has 1 amide bonds. The van der Waals surface area contributed by atoms with Crippen LogP contribution in [0.5, 0.6) is 11.5 Å². The summed E-state index contributed by atoms with van der Waals surface area (Å²) in [4.78, 5) is 25.1. The highest BCUT2D eigenvalue weighted by molar-refractivity contribution is 6.09. The van der Waals surface area contributed by atoms with E-state index in [2.05, 4.69) is 10.4 Å². The summed E-state index contributed by atoms with van der Waals surface area (Å²) in [7, 11) is 0. The first kappa shape index (κ1) is 25.5. The zero-order valence-electron chi connectivity index (χ0n) is 21.8. The molecule has 0 aliphatic carbocycles. The van der Waals surface area contributed by atoms with Crippen LogP contribution in [0.15, 0.2) is 103 Å². The largest absolute Gasteiger partial charge is 0.457 e. The summed E-state index contributed by atoms with van der Waals surface area (Å²) in [5.41, 5.74) is 11.8. The van der Waals surface area contributed by atoms with Crippen LogP contribution in [0.3, 0.4) is 0 Å². The number of nitrogens with zero attached hydrogens (tertiary/aromatic N) is 1. The lowest BCUT2D eigenvalue weighted by atomic mass is 10.1. The molecule has 1 aromatic heterocycles. The molecular weight excluding hydrogens is 488 g/mol. The SMILES string of the molecule is CC(=O)Cc1ccc(Oc2cc(N)cc(NC(=O)c3c(-c4ccccc4)[nH][n+](-c4ccccc4)c3C)c2)cc1. The van der Waals surface area contributed by atoms with E-state index in [-0.39, 0.29) is 11.7 Å². The molecule has 0 fully saturated rings. The number of benzene rings is 4. The third kappa shape index (κ3) is 5.88. The number of H-pyrrole nitrogens is 1. The van der Waals surface area contributed by atoms with Crippen LogP contribution in [0, 0.1) is 6.92 Å². The molecule has 39 heavy (non-hydrogen) atoms. The molecule has 0 bridgehead atoms. The maximum Gasteiger partial charge on any atom is 0.264 e. The molecule has 5 aromatic rings. The number of Topliss-reactive ketones (excluding diaryl/α,β-unsaturated/α-hetero) is 1. The summed E-state index contributed by atoms with van der Waals surface area (Å²) in [5, 5.41) is 6.41. The normalized spacial score (nSPS) is 10.7. The fourth-order valence-electron chi connectivity index (χ4n) is 4.52. The highest BCUT2D eigenvalue weighted by Crippen LogP contribution is 2.29. The first-order valence-electron chi connectivity index (χ1n) is 12.6. The van der Waals surface area contributed by atoms with Gasteiger partial charge < -0.3 is 15.8 Å². The summed E-state index contributed by atoms with van der Waals surface area (Å²) < 4.78 is 7.90. The van der Waals surface area contributed by atoms with Gasteiger partial charge in [0.2, 0.25) is 11.4 Å². The molecule has 0 atom stereocenters. The number of hydrogen-bond acceptors (Lipinski definition) is 4. The van der Waals surface area contributed by atoms with Crippen molar-refractivity contribution in [2.75, 3.05) is 11.1 Å². The van der Waals surface area contributed by atoms with Gasteiger partial charge in [0.25, 0.3) is 5.91 Å². The minimum atomic E-state index is -0.276. The number of hydrogen-bond donors (Lipinski definition) is 3. The fraction of sp³-hybridized carbons (Fsp3) is 0.0938. The molecule has 0 unspecified atom stereocenters. The van der Waals surface area contributed by atoms with E-state index in [4.69, 9.17) is 10.5 Å². The monoisotopic (exact) mass is 517 g/mol. The third-order valence-corrected chi connectivity index (χ3v) is 6.27. The van der Waals surface area contributed by atoms with Crippen molar-refractivity contribution in [1.29, 1.82) is 0 Å². The third-order valence-electron chi connectivity index (χ3n) is 6.27. The molecule has 0 aliphatic heterocycles. The van der Waals surface area contributed by atoms with Gasteiger partial charge in [-0.1, -0.05) is 65.3 Å². The molecule has 4 N–H and O–H groups in total. The summed E-state index contributed by atoms with van der Waals surface area (Å²) in [6.45, 7) is 3.47. The number of carbonyl (C=O) groups is 2. The second-order valence-corrected chi connectivity index (χ2v) is 9.35. The van der Waals surface area contributed by atoms with Crippen LogP contribution in [-0.4, -0.2) is 16.8 Å². The topological polar surface area (TPSA) is 101 Å². The molecule has 1 heterocycles. The Morgan fingerprint density at radius 1 is 0.872 bits per heavy atom. The minimum Gasteiger partial charge on any atom is -0.457 e. The first-order chi connectivity index (χ1) is 18.9. The van der Waals surface area contributed by atoms with Crippen molar-refractivity contribution in [3.05, 3.63) is 120 Å². The maximum absolute atomic E-state index is 13.7. The highest BCUT2D eigenvalue weighted by Gasteiger charge is 2.29. The maximum atomic E-state index is 13.7. The number of nitrogens with one attached hydrogen (secondary N) is 2. The van der Waals surface area contributed by atoms with Gasteiger partial charge in [-0.05, 0) is 30.7 Å². The molecule has 0 radical (unpaired) electrons. The molecule has 194 valence electrons. The van der Waals surface area contributed by atoms with E-state index in [1.807, 2.05) is 84.4 Å². The Morgan fingerprint density at radius 3 is 2.21 bits per heavy atom. The number of amides is 1. The Bertz CT molecular complexity index is 1630. The van der Waals surface area contributed by atoms with Gasteiger partial charge in [0.15, 0.2) is 0 Å². The van der Waals surface area contributed by atoms with Gasteiger partial charge in [0.05, 0.1) is 0 Å². The van der Waals surface area contributed by atoms with Gasteiger partial charge in [0.1, 0.15) is 28.5 Å². The van der Waals surface area contributed by atoms with Crippen LogP contribution in [0.25, 0.3) is 16.9 Å². The Kier molecular flexibility index (Phi) is 7.23. The van der Waals surface area contributed by atoms with E-state index in [0.29, 0.717) is 40.6 Å². The lowest BCUT2D eigenvalue weighted by Gasteiger charge is -2.11. The smallest absolute Gasteiger partial charge is 0.264 e. The van der Waals surface area contributed by atoms with E-state index in [9.17, 15) is 9.59 Å². The van der Waals surface area contributed by atoms with E-state index in [1.54, 1.807) is 37.3 Å². The van der Waals surface area contributed by atoms with Crippen LogP contribution in [-0.2, 0) is 11.2 Å². The zero-order chi connectivity index (χ0) is 27.4. The van der Waals surface area contributed by atoms with E-state index in [1.165, 1.54) is 0 Å². The van der Waals surface area contributed by atoms with E-state index in [0.717, 1.165) is 22.5 Å². The number of ether oxygens (including phenoxy) is 1. The number of para-hydroxylation sites is 1. The summed E-state index contributed by atoms with van der Waals surface area (Å²) in [5.74, 6) is 0.907. The molecule has 0 aliphatic rings. The standard InChI is InChI=1S/C32H28N4O3/c1-21(37)17-23-13-15-28(16-14-23)39-29-19-25(33)18-26(20-29)34-32(38)30-22(2)36(27-11-7-4-8-12-27)35-31(30)24-9-5-3-6-10-24/h3-16,18-20H,17,33H2,1-2H3,(H,34,38)/p+1. The predicted octanol–water partition coefficient (Wildman–Crippen LogP) is 6.03. The van der Waals surface area contributed by atoms with Crippen LogP contribution in [0.1, 0.15) is 28.5 Å². The summed E-state index contributed by atoms with van der Waals surface area (Å²) >= 11 is 0. The van der Waals surface area contributed by atoms with Crippen molar-refractivity contribution >= 4 is 23.1 Å². The minimum absolute atomic E-state index is 0.0993. The fourth-order valence-corrected chi connectivity index (χ4v) is 4.52. The average molecular weight is 518 g/mol. The van der Waals surface area contributed by atoms with Crippen LogP contribution in [0.2, 0.25) is 0 Å². The Labute approximate surface area is 226 Å². The number of nitrogen functional groups attached to an aromatic ring is 1. The molecule has 0 spiro atoms. The molecule has 4 aromatic carbocycles. The number of anilines is 2. The summed E-state index contributed by atoms with van der Waals surface area (Å²) in [6, 6.07) is 32.0. The van der Waals surface area contributed by atoms with Gasteiger partial charge >= 0.3 is 0 Å². The second-order valence-electron chi connectivity index (χ2n) is 9.35. The predicted molar refractivity (Wildman–Crippen MR) is 152 cm³/mol. The van der Waals surface area contributed by atoms with Crippen molar-refractivity contribution in [1.82, 2.24) is 5.10 Å². The van der Waals surface area contributed by atoms with Crippen molar-refractivity contribution in [3.8, 4) is 28.4 Å². The number of nitrogens with two attached hydrogens (primary N) is 1. The number of rotatable bonds is 8. The van der Waals surface area contributed by atoms with Gasteiger partial charge in [-0.2, -0.15) is 5.10 Å². The molecule has 7 nitrogen and oxygen atoms in total.